The fourth-order valence-corrected chi connectivity index (χ4v) is 4.52. The van der Waals surface area contributed by atoms with Crippen molar-refractivity contribution in [3.63, 3.8) is 0 Å². The minimum Gasteiger partial charge on any atom is -0.345 e. The van der Waals surface area contributed by atoms with Gasteiger partial charge >= 0.3 is 6.18 Å². The van der Waals surface area contributed by atoms with E-state index >= 15 is 0 Å². The average Bonchev–Trinajstić information content (AvgIpc) is 3.37. The van der Waals surface area contributed by atoms with Gasteiger partial charge in [-0.1, -0.05) is 11.3 Å². The minimum absolute atomic E-state index is 0. The summed E-state index contributed by atoms with van der Waals surface area (Å²) in [7, 11) is 0. The molecule has 2 N–H and O–H groups in total. The topological polar surface area (TPSA) is 100 Å². The molecular formula is C20H20F4N6O2S. The van der Waals surface area contributed by atoms with E-state index in [4.69, 9.17) is 0 Å². The van der Waals surface area contributed by atoms with Gasteiger partial charge in [-0.2, -0.15) is 13.2 Å². The van der Waals surface area contributed by atoms with Crippen molar-refractivity contribution < 1.29 is 28.6 Å². The number of aromatic nitrogens is 3. The van der Waals surface area contributed by atoms with E-state index in [2.05, 4.69) is 20.3 Å². The summed E-state index contributed by atoms with van der Waals surface area (Å²) >= 11 is 1.25. The first-order chi connectivity index (χ1) is 15.6. The number of nitrogens with one attached hydrogen (secondary N) is 2. The molecule has 0 aliphatic carbocycles. The van der Waals surface area contributed by atoms with E-state index in [1.54, 1.807) is 18.2 Å². The third-order valence-electron chi connectivity index (χ3n) is 4.95. The summed E-state index contributed by atoms with van der Waals surface area (Å²) in [5.41, 5.74) is 1.20. The molecule has 176 valence electrons. The van der Waals surface area contributed by atoms with Gasteiger partial charge < -0.3 is 15.5 Å². The molecule has 2 aromatic heterocycles. The number of alkyl halides is 3. The van der Waals surface area contributed by atoms with Crippen LogP contribution in [0.4, 0.5) is 28.5 Å². The Balaban J connectivity index is 0.00000324. The van der Waals surface area contributed by atoms with Crippen LogP contribution in [0.3, 0.4) is 0 Å². The Labute approximate surface area is 190 Å². The Hall–Kier alpha value is -3.35. The molecule has 3 aromatic rings. The Bertz CT molecular complexity index is 1220. The monoisotopic (exact) mass is 484 g/mol. The van der Waals surface area contributed by atoms with Crippen LogP contribution in [0.1, 0.15) is 21.2 Å². The lowest BCUT2D eigenvalue weighted by Gasteiger charge is -2.25. The number of amides is 2. The highest BCUT2D eigenvalue weighted by Crippen LogP contribution is 2.32. The van der Waals surface area contributed by atoms with Crippen molar-refractivity contribution in [3.8, 4) is 11.4 Å². The number of fused-ring (bicyclic) bond motifs is 1. The van der Waals surface area contributed by atoms with Gasteiger partial charge in [-0.05, 0) is 31.0 Å². The van der Waals surface area contributed by atoms with Gasteiger partial charge in [-0.3, -0.25) is 9.59 Å². The van der Waals surface area contributed by atoms with Crippen molar-refractivity contribution in [1.82, 2.24) is 20.3 Å². The Kier molecular flexibility index (Phi) is 6.15. The van der Waals surface area contributed by atoms with Gasteiger partial charge in [0.1, 0.15) is 12.6 Å². The second kappa shape index (κ2) is 8.89. The van der Waals surface area contributed by atoms with E-state index in [-0.39, 0.29) is 31.9 Å². The summed E-state index contributed by atoms with van der Waals surface area (Å²) < 4.78 is 52.8. The van der Waals surface area contributed by atoms with Crippen LogP contribution in [-0.2, 0) is 9.59 Å². The zero-order valence-electron chi connectivity index (χ0n) is 17.2. The summed E-state index contributed by atoms with van der Waals surface area (Å²) in [4.78, 5) is 37.5. The minimum atomic E-state index is -4.54. The number of hydrogen-bond acceptors (Lipinski definition) is 7. The van der Waals surface area contributed by atoms with Crippen LogP contribution >= 0.6 is 11.3 Å². The lowest BCUT2D eigenvalue weighted by molar-refractivity contribution is -0.139. The van der Waals surface area contributed by atoms with Crippen molar-refractivity contribution in [3.05, 3.63) is 30.2 Å². The van der Waals surface area contributed by atoms with E-state index in [1.807, 2.05) is 5.32 Å². The summed E-state index contributed by atoms with van der Waals surface area (Å²) in [6, 6.07) is 4.18. The quantitative estimate of drug-likeness (QED) is 0.535. The van der Waals surface area contributed by atoms with Crippen LogP contribution in [0.15, 0.2) is 24.4 Å². The number of anilines is 2. The van der Waals surface area contributed by atoms with E-state index < -0.39 is 30.5 Å². The molecule has 0 saturated carbocycles. The predicted octanol–water partition coefficient (Wildman–Crippen LogP) is 3.74. The molecule has 33 heavy (non-hydrogen) atoms. The SMILES string of the molecule is CC(=O)Nc1nc2ccc(-c3ncc(F)c(N4CCC[C@@H]4C(=O)NCC(F)(F)F)n3)cc2s1.[HH]. The van der Waals surface area contributed by atoms with Crippen LogP contribution in [0.5, 0.6) is 0 Å². The van der Waals surface area contributed by atoms with E-state index in [1.165, 1.54) is 23.2 Å². The molecule has 1 saturated heterocycles. The van der Waals surface area contributed by atoms with Crippen LogP contribution in [0.2, 0.25) is 0 Å². The number of carbonyl (C=O) groups is 2. The standard InChI is InChI=1S/C20H18F4N6O2S.H2/c1-10(31)27-19-28-13-5-4-11(7-15(13)33-19)16-25-8-12(21)17(29-16)30-6-2-3-14(30)18(32)26-9-20(22,23)24;/h4-5,7-8,14H,2-3,6,9H2,1H3,(H,26,32)(H,27,28,31);1H/t14-;/m1./s1. The number of nitrogens with zero attached hydrogens (tertiary/aromatic N) is 4. The highest BCUT2D eigenvalue weighted by molar-refractivity contribution is 7.22. The Morgan fingerprint density at radius 3 is 2.82 bits per heavy atom. The molecule has 1 atom stereocenters. The first-order valence-corrected chi connectivity index (χ1v) is 10.7. The van der Waals surface area contributed by atoms with Gasteiger partial charge in [0.2, 0.25) is 11.8 Å². The van der Waals surface area contributed by atoms with Crippen LogP contribution in [0.25, 0.3) is 21.6 Å². The maximum absolute atomic E-state index is 14.6. The van der Waals surface area contributed by atoms with E-state index in [0.717, 1.165) is 10.9 Å². The molecule has 1 aliphatic rings. The van der Waals surface area contributed by atoms with Gasteiger partial charge in [-0.15, -0.1) is 0 Å². The highest BCUT2D eigenvalue weighted by atomic mass is 32.1. The largest absolute Gasteiger partial charge is 0.405 e. The van der Waals surface area contributed by atoms with E-state index in [0.29, 0.717) is 22.6 Å². The fourth-order valence-electron chi connectivity index (χ4n) is 3.56. The van der Waals surface area contributed by atoms with Crippen LogP contribution < -0.4 is 15.5 Å². The predicted molar refractivity (Wildman–Crippen MR) is 116 cm³/mol. The molecule has 1 aromatic carbocycles. The second-order valence-electron chi connectivity index (χ2n) is 7.43. The Morgan fingerprint density at radius 2 is 2.09 bits per heavy atom. The normalized spacial score (nSPS) is 16.3. The maximum Gasteiger partial charge on any atom is 0.405 e. The molecule has 1 fully saturated rings. The van der Waals surface area contributed by atoms with Gasteiger partial charge in [-0.25, -0.2) is 19.3 Å². The van der Waals surface area contributed by atoms with Crippen LogP contribution in [0, 0.1) is 5.82 Å². The molecular weight excluding hydrogens is 464 g/mol. The van der Waals surface area contributed by atoms with Crippen molar-refractivity contribution in [1.29, 1.82) is 0 Å². The number of thiazole rings is 1. The molecule has 2 amide bonds. The Morgan fingerprint density at radius 1 is 1.30 bits per heavy atom. The number of halogens is 4. The highest BCUT2D eigenvalue weighted by Gasteiger charge is 2.36. The first-order valence-electron chi connectivity index (χ1n) is 9.93. The number of rotatable bonds is 5. The van der Waals surface area contributed by atoms with Crippen molar-refractivity contribution in [2.45, 2.75) is 32.0 Å². The molecule has 8 nitrogen and oxygen atoms in total. The van der Waals surface area contributed by atoms with Crippen molar-refractivity contribution in [2.24, 2.45) is 0 Å². The number of hydrogen-bond donors (Lipinski definition) is 2. The van der Waals surface area contributed by atoms with Crippen LogP contribution in [-0.4, -0.2) is 52.1 Å². The summed E-state index contributed by atoms with van der Waals surface area (Å²) in [6.45, 7) is 0.189. The number of benzene rings is 1. The summed E-state index contributed by atoms with van der Waals surface area (Å²) in [6.07, 6.45) is -2.79. The summed E-state index contributed by atoms with van der Waals surface area (Å²) in [5, 5.41) is 4.90. The smallest absolute Gasteiger partial charge is 0.345 e. The maximum atomic E-state index is 14.6. The average molecular weight is 484 g/mol. The number of carbonyl (C=O) groups excluding carboxylic acids is 2. The zero-order chi connectivity index (χ0) is 23.8. The molecule has 0 unspecified atom stereocenters. The lowest BCUT2D eigenvalue weighted by atomic mass is 10.2. The van der Waals surface area contributed by atoms with Gasteiger partial charge in [0, 0.05) is 20.5 Å². The molecule has 13 heteroatoms. The van der Waals surface area contributed by atoms with E-state index in [9.17, 15) is 27.2 Å². The van der Waals surface area contributed by atoms with Gasteiger partial charge in [0.15, 0.2) is 22.6 Å². The molecule has 1 aliphatic heterocycles. The molecule has 3 heterocycles. The molecule has 0 spiro atoms. The summed E-state index contributed by atoms with van der Waals surface area (Å²) in [5.74, 6) is -1.82. The zero-order valence-corrected chi connectivity index (χ0v) is 18.1. The van der Waals surface area contributed by atoms with Crippen molar-refractivity contribution in [2.75, 3.05) is 23.3 Å². The molecule has 0 radical (unpaired) electrons. The fraction of sp³-hybridized carbons (Fsp3) is 0.350. The van der Waals surface area contributed by atoms with Gasteiger partial charge in [0.05, 0.1) is 16.4 Å². The lowest BCUT2D eigenvalue weighted by Crippen LogP contribution is -2.46. The molecule has 0 bridgehead atoms. The third kappa shape index (κ3) is 5.18. The van der Waals surface area contributed by atoms with Crippen molar-refractivity contribution >= 4 is 44.3 Å². The van der Waals surface area contributed by atoms with Gasteiger partial charge in [0.25, 0.3) is 0 Å². The third-order valence-corrected chi connectivity index (χ3v) is 5.88. The second-order valence-corrected chi connectivity index (χ2v) is 8.46. The molecule has 4 rings (SSSR count). The first kappa shape index (κ1) is 22.8.